The Kier molecular flexibility index (Phi) is 21.3. The Morgan fingerprint density at radius 2 is 0.371 bits per heavy atom. The average Bonchev–Trinajstić information content (AvgIpc) is 1.60. The van der Waals surface area contributed by atoms with Crippen molar-refractivity contribution in [2.45, 2.75) is 104 Å². The monoisotopic (exact) mass is 1630 g/mol. The molecule has 0 radical (unpaired) electrons. The summed E-state index contributed by atoms with van der Waals surface area (Å²) in [7, 11) is 0. The van der Waals surface area contributed by atoms with Gasteiger partial charge < -0.3 is 19.9 Å². The van der Waals surface area contributed by atoms with Crippen molar-refractivity contribution >= 4 is 161 Å². The van der Waals surface area contributed by atoms with Crippen molar-refractivity contribution in [3.8, 4) is 101 Å². The molecule has 0 fully saturated rings. The van der Waals surface area contributed by atoms with E-state index < -0.39 is 0 Å². The van der Waals surface area contributed by atoms with Gasteiger partial charge in [0.2, 0.25) is 45.6 Å². The Morgan fingerprint density at radius 3 is 0.560 bits per heavy atom. The zero-order valence-electron chi connectivity index (χ0n) is 68.5. The molecule has 554 valence electrons. The number of aryl methyl sites for hydroxylation is 15. The van der Waals surface area contributed by atoms with Crippen molar-refractivity contribution in [3.05, 3.63) is 326 Å². The van der Waals surface area contributed by atoms with Gasteiger partial charge >= 0.3 is 46.1 Å². The van der Waals surface area contributed by atoms with Gasteiger partial charge in [0.15, 0.2) is 0 Å². The summed E-state index contributed by atoms with van der Waals surface area (Å²) in [6, 6.07) is 66.4. The molecule has 16 bridgehead atoms. The van der Waals surface area contributed by atoms with Crippen LogP contribution in [0.2, 0.25) is 0 Å². The van der Waals surface area contributed by atoms with Gasteiger partial charge in [0, 0.05) is 108 Å². The Balaban J connectivity index is 0.00000505. The Morgan fingerprint density at radius 1 is 0.207 bits per heavy atom. The van der Waals surface area contributed by atoms with E-state index in [2.05, 4.69) is 389 Å². The number of benzene rings is 8. The van der Waals surface area contributed by atoms with E-state index >= 15 is 0 Å². The predicted octanol–water partition coefficient (Wildman–Crippen LogP) is 23.0. The zero-order chi connectivity index (χ0) is 78.8. The average molecular weight is 1640 g/mol. The molecule has 4 aliphatic rings. The van der Waals surface area contributed by atoms with Gasteiger partial charge in [-0.3, -0.25) is 0 Å². The summed E-state index contributed by atoms with van der Waals surface area (Å²) in [4.78, 5) is 38.9. The van der Waals surface area contributed by atoms with Crippen LogP contribution in [-0.4, -0.2) is 46.1 Å². The summed E-state index contributed by atoms with van der Waals surface area (Å²) < 4.78 is 1.17. The number of fused-ring (bicyclic) bond motifs is 16. The number of rotatable bonds is 8. The molecular formula is C105H87IMg2N8+4. The van der Waals surface area contributed by atoms with Crippen LogP contribution < -0.4 is 39.9 Å². The minimum absolute atomic E-state index is 0. The molecule has 0 amide bonds. The van der Waals surface area contributed by atoms with Gasteiger partial charge in [-0.15, -0.1) is 44.1 Å². The number of aromatic amines is 4. The second kappa shape index (κ2) is 31.4. The van der Waals surface area contributed by atoms with E-state index in [1.54, 1.807) is 0 Å². The minimum Gasteiger partial charge on any atom is -0.656 e. The molecule has 6 aromatic heterocycles. The van der Waals surface area contributed by atoms with Crippen molar-refractivity contribution in [2.24, 2.45) is 0 Å². The van der Waals surface area contributed by atoms with E-state index in [1.165, 1.54) is 92.6 Å². The molecule has 0 spiro atoms. The first-order valence-corrected chi connectivity index (χ1v) is 40.3. The SMILES string of the molecule is Cc1cc(C)c(-c2c3[nH+]c(c(-c4ccc(C#Cc5ccc(-c6c7[nH+]c(c(-c8c(C)cc(C)cc8C)c8ccc([n-]8)c(-c8c(C)cc(C)cc8C)c8[nH+]c(c(-c9c(C)cc(C)cc9C)c9ccc6[n-]9)C=C8)C=C7)cc5)cc4)c4ccc([n-]4)c(-c4c(C)cc(C)cc4C)c4[nH+]c(c(-c5ccc(I)cc5)c5ccc2[n-]5)C=C4)C=C3)c(C)c1.[Mg+2].[Mg+2]. The van der Waals surface area contributed by atoms with E-state index in [0.29, 0.717) is 0 Å². The number of aromatic nitrogens is 8. The molecule has 0 atom stereocenters. The maximum atomic E-state index is 5.74. The van der Waals surface area contributed by atoms with Gasteiger partial charge in [-0.05, 0) is 263 Å². The maximum Gasteiger partial charge on any atom is 2.00 e. The van der Waals surface area contributed by atoms with Crippen molar-refractivity contribution < 1.29 is 19.9 Å². The predicted molar refractivity (Wildman–Crippen MR) is 493 cm³/mol. The first kappa shape index (κ1) is 78.7. The molecule has 11 heteroatoms. The van der Waals surface area contributed by atoms with Crippen molar-refractivity contribution in [1.29, 1.82) is 0 Å². The van der Waals surface area contributed by atoms with Crippen LogP contribution in [0.4, 0.5) is 0 Å². The Labute approximate surface area is 725 Å². The van der Waals surface area contributed by atoms with E-state index in [9.17, 15) is 0 Å². The van der Waals surface area contributed by atoms with Crippen LogP contribution in [0.1, 0.15) is 140 Å². The van der Waals surface area contributed by atoms with Crippen LogP contribution in [-0.2, 0) is 0 Å². The molecule has 14 aromatic rings. The van der Waals surface area contributed by atoms with Gasteiger partial charge in [-0.2, -0.15) is 0 Å². The molecule has 0 aliphatic carbocycles. The molecule has 8 aromatic carbocycles. The van der Waals surface area contributed by atoms with E-state index in [0.717, 1.165) is 184 Å². The normalized spacial score (nSPS) is 12.0. The summed E-state index contributed by atoms with van der Waals surface area (Å²) in [6.07, 6.45) is 17.8. The van der Waals surface area contributed by atoms with Crippen LogP contribution in [0.25, 0.3) is 182 Å². The quantitative estimate of drug-likeness (QED) is 0.0856. The molecular weight excluding hydrogens is 1550 g/mol. The second-order valence-corrected chi connectivity index (χ2v) is 33.0. The van der Waals surface area contributed by atoms with Crippen LogP contribution in [0, 0.1) is 119 Å². The largest absolute Gasteiger partial charge is 2.00 e. The maximum absolute atomic E-state index is 5.74. The van der Waals surface area contributed by atoms with Gasteiger partial charge in [0.05, 0.1) is 0 Å². The van der Waals surface area contributed by atoms with E-state index in [1.807, 2.05) is 0 Å². The fraction of sp³-hybridized carbons (Fsp3) is 0.143. The summed E-state index contributed by atoms with van der Waals surface area (Å²) in [6.45, 7) is 33.1. The number of nitrogens with one attached hydrogen (secondary N) is 4. The molecule has 8 nitrogen and oxygen atoms in total. The van der Waals surface area contributed by atoms with Crippen LogP contribution in [0.5, 0.6) is 0 Å². The number of hydrogen-bond acceptors (Lipinski definition) is 0. The smallest absolute Gasteiger partial charge is 0.656 e. The van der Waals surface area contributed by atoms with Crippen molar-refractivity contribution in [3.63, 3.8) is 0 Å². The number of halogens is 1. The fourth-order valence-electron chi connectivity index (χ4n) is 18.7. The van der Waals surface area contributed by atoms with Gasteiger partial charge in [-0.25, -0.2) is 19.9 Å². The summed E-state index contributed by atoms with van der Waals surface area (Å²) >= 11 is 2.39. The topological polar surface area (TPSA) is 113 Å². The van der Waals surface area contributed by atoms with Gasteiger partial charge in [0.1, 0.15) is 0 Å². The molecule has 116 heavy (non-hydrogen) atoms. The Hall–Kier alpha value is -11.2. The molecule has 4 N–H and O–H groups in total. The number of H-pyrrole nitrogens is 4. The van der Waals surface area contributed by atoms with E-state index in [4.69, 9.17) is 19.9 Å². The number of nitrogens with zero attached hydrogens (tertiary/aromatic N) is 4. The van der Waals surface area contributed by atoms with Crippen LogP contribution in [0.15, 0.2) is 182 Å². The van der Waals surface area contributed by atoms with Crippen LogP contribution >= 0.6 is 22.6 Å². The molecule has 0 saturated carbocycles. The Bertz CT molecular complexity index is 6840. The van der Waals surface area contributed by atoms with Gasteiger partial charge in [-0.1, -0.05) is 185 Å². The van der Waals surface area contributed by atoms with Crippen LogP contribution in [0.3, 0.4) is 0 Å². The fourth-order valence-corrected chi connectivity index (χ4v) is 19.1. The minimum atomic E-state index is 0. The third-order valence-electron chi connectivity index (χ3n) is 23.0. The first-order chi connectivity index (χ1) is 55.0. The summed E-state index contributed by atoms with van der Waals surface area (Å²) in [5.74, 6) is 7.15. The van der Waals surface area contributed by atoms with Gasteiger partial charge in [0.25, 0.3) is 0 Å². The molecule has 10 heterocycles. The molecule has 0 unspecified atom stereocenters. The van der Waals surface area contributed by atoms with E-state index in [-0.39, 0.29) is 46.1 Å². The summed E-state index contributed by atoms with van der Waals surface area (Å²) in [5.41, 5.74) is 51.5. The first-order valence-electron chi connectivity index (χ1n) is 39.3. The molecule has 4 aliphatic heterocycles. The van der Waals surface area contributed by atoms with Crippen molar-refractivity contribution in [2.75, 3.05) is 0 Å². The third-order valence-corrected chi connectivity index (χ3v) is 23.7. The summed E-state index contributed by atoms with van der Waals surface area (Å²) in [5, 5.41) is 0. The molecule has 18 rings (SSSR count). The molecule has 0 saturated heterocycles. The number of hydrogen-bond donors (Lipinski definition) is 0. The zero-order valence-corrected chi connectivity index (χ0v) is 73.5. The second-order valence-electron chi connectivity index (χ2n) is 31.8. The standard InChI is InChI=1S/C105H83IN8.2Mg/c1-56-46-61(6)93(62(7)47-56)101-83-36-30-77(107-83)98(78-31-37-84(108-78)102(94-63(8)48-57(2)49-64(94)9)86-41-35-82(112-86)100(81-34-40-85(101)111-81)75-26-28-76(106)29-27-75)73-22-18-71(19-23-73)16-17-72-20-24-74(25-21-72)99-79-32-38-87(109-79)103(95-65(10)50-58(3)51-66(95)11)89-42-44-91(113-89)105(97-69(14)54-60(5)55-70(97)15)92-45-43-90(114-92)104(88-39-33-80(99)110-88)96-67(12)52-59(4)53-68(96)13;;/h18-55H,1-15H3;;/q-4;2*+2/p+4. The third kappa shape index (κ3) is 14.4. The van der Waals surface area contributed by atoms with Crippen molar-refractivity contribution in [1.82, 2.24) is 19.9 Å².